The second kappa shape index (κ2) is 9.45. The number of amides is 1. The monoisotopic (exact) mass is 368 g/mol. The van der Waals surface area contributed by atoms with E-state index in [0.29, 0.717) is 11.7 Å². The van der Waals surface area contributed by atoms with Crippen LogP contribution in [0.15, 0.2) is 28.6 Å². The molecule has 0 saturated heterocycles. The summed E-state index contributed by atoms with van der Waals surface area (Å²) in [7, 11) is 3.22. The molecule has 1 unspecified atom stereocenters. The molecule has 7 nitrogen and oxygen atoms in total. The van der Waals surface area contributed by atoms with Crippen molar-refractivity contribution in [3.05, 3.63) is 24.3 Å². The first-order valence-electron chi connectivity index (χ1n) is 7.27. The van der Waals surface area contributed by atoms with Crippen LogP contribution in [0, 0.1) is 0 Å². The number of ether oxygens (including phenoxy) is 2. The van der Waals surface area contributed by atoms with Gasteiger partial charge in [-0.1, -0.05) is 35.2 Å². The third-order valence-electron chi connectivity index (χ3n) is 2.91. The first-order valence-corrected chi connectivity index (χ1v) is 9.07. The first kappa shape index (κ1) is 18.5. The Bertz CT molecular complexity index is 666. The van der Waals surface area contributed by atoms with Gasteiger partial charge in [-0.15, -0.1) is 10.2 Å². The molecule has 0 aliphatic heterocycles. The molecule has 0 saturated carbocycles. The maximum atomic E-state index is 11.8. The SMILES string of the molecule is COCC(C)NC(=O)CSc1nnc(Nc2ccccc2OC)s1. The summed E-state index contributed by atoms with van der Waals surface area (Å²) < 4.78 is 11.0. The van der Waals surface area contributed by atoms with E-state index in [-0.39, 0.29) is 17.7 Å². The van der Waals surface area contributed by atoms with Gasteiger partial charge in [-0.3, -0.25) is 4.79 Å². The average Bonchev–Trinajstić information content (AvgIpc) is 3.01. The van der Waals surface area contributed by atoms with Crippen LogP contribution in [-0.2, 0) is 9.53 Å². The van der Waals surface area contributed by atoms with Crippen LogP contribution in [0.4, 0.5) is 10.8 Å². The molecule has 0 aliphatic rings. The molecule has 2 rings (SSSR count). The van der Waals surface area contributed by atoms with Crippen molar-refractivity contribution in [3.63, 3.8) is 0 Å². The maximum absolute atomic E-state index is 11.8. The van der Waals surface area contributed by atoms with Crippen LogP contribution in [0.25, 0.3) is 0 Å². The number of carbonyl (C=O) groups excluding carboxylic acids is 1. The number of anilines is 2. The molecule has 0 spiro atoms. The van der Waals surface area contributed by atoms with Gasteiger partial charge in [0.25, 0.3) is 0 Å². The number of benzene rings is 1. The number of thioether (sulfide) groups is 1. The maximum Gasteiger partial charge on any atom is 0.230 e. The van der Waals surface area contributed by atoms with Crippen LogP contribution < -0.4 is 15.4 Å². The Morgan fingerprint density at radius 1 is 1.33 bits per heavy atom. The normalized spacial score (nSPS) is 11.8. The number of rotatable bonds is 9. The molecular weight excluding hydrogens is 348 g/mol. The summed E-state index contributed by atoms with van der Waals surface area (Å²) in [6.07, 6.45) is 0. The summed E-state index contributed by atoms with van der Waals surface area (Å²) in [4.78, 5) is 11.8. The number of methoxy groups -OCH3 is 2. The van der Waals surface area contributed by atoms with Gasteiger partial charge in [-0.2, -0.15) is 0 Å². The topological polar surface area (TPSA) is 85.4 Å². The quantitative estimate of drug-likeness (QED) is 0.658. The molecular formula is C15H20N4O3S2. The summed E-state index contributed by atoms with van der Waals surface area (Å²) >= 11 is 2.74. The van der Waals surface area contributed by atoms with Crippen molar-refractivity contribution in [1.29, 1.82) is 0 Å². The lowest BCUT2D eigenvalue weighted by molar-refractivity contribution is -0.119. The molecule has 1 atom stereocenters. The number of nitrogens with one attached hydrogen (secondary N) is 2. The lowest BCUT2D eigenvalue weighted by Gasteiger charge is -2.11. The zero-order valence-electron chi connectivity index (χ0n) is 13.7. The van der Waals surface area contributed by atoms with Crippen molar-refractivity contribution in [2.45, 2.75) is 17.3 Å². The lowest BCUT2D eigenvalue weighted by atomic mass is 10.3. The Morgan fingerprint density at radius 3 is 2.88 bits per heavy atom. The van der Waals surface area contributed by atoms with Crippen LogP contribution in [-0.4, -0.2) is 48.7 Å². The highest BCUT2D eigenvalue weighted by atomic mass is 32.2. The molecule has 24 heavy (non-hydrogen) atoms. The van der Waals surface area contributed by atoms with Crippen LogP contribution in [0.5, 0.6) is 5.75 Å². The van der Waals surface area contributed by atoms with E-state index in [2.05, 4.69) is 20.8 Å². The summed E-state index contributed by atoms with van der Waals surface area (Å²) in [5.41, 5.74) is 0.818. The zero-order chi connectivity index (χ0) is 17.4. The van der Waals surface area contributed by atoms with E-state index in [1.165, 1.54) is 23.1 Å². The van der Waals surface area contributed by atoms with Gasteiger partial charge in [0.1, 0.15) is 5.75 Å². The molecule has 0 radical (unpaired) electrons. The molecule has 2 N–H and O–H groups in total. The summed E-state index contributed by atoms with van der Waals surface area (Å²) in [6, 6.07) is 7.56. The highest BCUT2D eigenvalue weighted by Crippen LogP contribution is 2.31. The third-order valence-corrected chi connectivity index (χ3v) is 4.88. The van der Waals surface area contributed by atoms with Gasteiger partial charge in [-0.05, 0) is 19.1 Å². The molecule has 0 aliphatic carbocycles. The van der Waals surface area contributed by atoms with E-state index in [1.807, 2.05) is 31.2 Å². The van der Waals surface area contributed by atoms with E-state index >= 15 is 0 Å². The predicted molar refractivity (Wildman–Crippen MR) is 96.4 cm³/mol. The van der Waals surface area contributed by atoms with Gasteiger partial charge in [0.2, 0.25) is 11.0 Å². The number of nitrogens with zero attached hydrogens (tertiary/aromatic N) is 2. The molecule has 1 aromatic heterocycles. The smallest absolute Gasteiger partial charge is 0.230 e. The van der Waals surface area contributed by atoms with Crippen LogP contribution in [0.1, 0.15) is 6.92 Å². The van der Waals surface area contributed by atoms with E-state index in [4.69, 9.17) is 9.47 Å². The van der Waals surface area contributed by atoms with Gasteiger partial charge >= 0.3 is 0 Å². The van der Waals surface area contributed by atoms with E-state index in [9.17, 15) is 4.79 Å². The second-order valence-electron chi connectivity index (χ2n) is 4.91. The van der Waals surface area contributed by atoms with Gasteiger partial charge in [0.15, 0.2) is 4.34 Å². The minimum Gasteiger partial charge on any atom is -0.495 e. The summed E-state index contributed by atoms with van der Waals surface area (Å²) in [6.45, 7) is 2.38. The fourth-order valence-corrected chi connectivity index (χ4v) is 3.49. The van der Waals surface area contributed by atoms with Crippen molar-refractivity contribution < 1.29 is 14.3 Å². The van der Waals surface area contributed by atoms with Crippen molar-refractivity contribution >= 4 is 39.8 Å². The number of carbonyl (C=O) groups is 1. The molecule has 9 heteroatoms. The fraction of sp³-hybridized carbons (Fsp3) is 0.400. The Kier molecular flexibility index (Phi) is 7.29. The standard InChI is InChI=1S/C15H20N4O3S2/c1-10(8-21-2)16-13(20)9-23-15-19-18-14(24-15)17-11-6-4-5-7-12(11)22-3/h4-7,10H,8-9H2,1-3H3,(H,16,20)(H,17,18). The Balaban J connectivity index is 1.86. The minimum atomic E-state index is -0.0565. The third kappa shape index (κ3) is 5.66. The Labute approximate surface area is 149 Å². The highest BCUT2D eigenvalue weighted by molar-refractivity contribution is 8.01. The number of hydrogen-bond acceptors (Lipinski definition) is 8. The van der Waals surface area contributed by atoms with Gasteiger partial charge in [0, 0.05) is 13.2 Å². The second-order valence-corrected chi connectivity index (χ2v) is 7.11. The first-order chi connectivity index (χ1) is 11.6. The van der Waals surface area contributed by atoms with Crippen molar-refractivity contribution in [1.82, 2.24) is 15.5 Å². The fourth-order valence-electron chi connectivity index (χ4n) is 1.92. The number of aromatic nitrogens is 2. The molecule has 2 aromatic rings. The molecule has 0 bridgehead atoms. The van der Waals surface area contributed by atoms with E-state index in [1.54, 1.807) is 14.2 Å². The van der Waals surface area contributed by atoms with E-state index < -0.39 is 0 Å². The summed E-state index contributed by atoms with van der Waals surface area (Å²) in [5.74, 6) is 0.963. The molecule has 1 amide bonds. The van der Waals surface area contributed by atoms with E-state index in [0.717, 1.165) is 15.8 Å². The largest absolute Gasteiger partial charge is 0.495 e. The van der Waals surface area contributed by atoms with Gasteiger partial charge in [0.05, 0.1) is 25.2 Å². The predicted octanol–water partition coefficient (Wildman–Crippen LogP) is 2.53. The molecule has 1 aromatic carbocycles. The van der Waals surface area contributed by atoms with Crippen LogP contribution in [0.2, 0.25) is 0 Å². The van der Waals surface area contributed by atoms with Crippen molar-refractivity contribution in [3.8, 4) is 5.75 Å². The van der Waals surface area contributed by atoms with Crippen molar-refractivity contribution in [2.75, 3.05) is 31.9 Å². The Hall–Kier alpha value is -1.84. The molecule has 1 heterocycles. The average molecular weight is 368 g/mol. The Morgan fingerprint density at radius 2 is 2.12 bits per heavy atom. The molecule has 130 valence electrons. The van der Waals surface area contributed by atoms with Gasteiger partial charge < -0.3 is 20.1 Å². The van der Waals surface area contributed by atoms with Crippen molar-refractivity contribution in [2.24, 2.45) is 0 Å². The number of para-hydroxylation sites is 2. The van der Waals surface area contributed by atoms with Crippen LogP contribution in [0.3, 0.4) is 0 Å². The zero-order valence-corrected chi connectivity index (χ0v) is 15.4. The number of hydrogen-bond donors (Lipinski definition) is 2. The highest BCUT2D eigenvalue weighted by Gasteiger charge is 2.11. The molecule has 0 fully saturated rings. The van der Waals surface area contributed by atoms with Crippen LogP contribution >= 0.6 is 23.1 Å². The minimum absolute atomic E-state index is 0.0136. The lowest BCUT2D eigenvalue weighted by Crippen LogP contribution is -2.36. The van der Waals surface area contributed by atoms with Gasteiger partial charge in [-0.25, -0.2) is 0 Å². The summed E-state index contributed by atoms with van der Waals surface area (Å²) in [5, 5.41) is 14.8.